The lowest BCUT2D eigenvalue weighted by molar-refractivity contribution is -0.143. The molecule has 10 heteroatoms. The summed E-state index contributed by atoms with van der Waals surface area (Å²) in [5.74, 6) is -0.406. The minimum Gasteiger partial charge on any atom is -0.496 e. The first kappa shape index (κ1) is 26.3. The molecule has 2 aliphatic rings. The summed E-state index contributed by atoms with van der Waals surface area (Å²) in [6.07, 6.45) is 2.43. The van der Waals surface area contributed by atoms with Crippen LogP contribution in [-0.2, 0) is 16.0 Å². The highest BCUT2D eigenvalue weighted by atomic mass is 35.5. The number of hydrogen-bond donors (Lipinski definition) is 2. The number of carboxylic acids is 1. The highest BCUT2D eigenvalue weighted by molar-refractivity contribution is 6.30. The summed E-state index contributed by atoms with van der Waals surface area (Å²) >= 11 is 6.29. The maximum Gasteiger partial charge on any atom is 0.414 e. The molecule has 0 radical (unpaired) electrons. The van der Waals surface area contributed by atoms with E-state index in [9.17, 15) is 19.8 Å². The van der Waals surface area contributed by atoms with E-state index < -0.39 is 24.1 Å². The molecule has 3 aromatic rings. The van der Waals surface area contributed by atoms with Gasteiger partial charge in [0, 0.05) is 28.2 Å². The standard InChI is InChI=1S/C28H32ClN3O6/c1-15-7-9-19-21(31(15)28(36)38-3)10-11-22-24(19)30-26(25(33)20-14-17(29)8-12-23(20)37-2)32(22)18-6-4-5-16(13-18)27(34)35/h8,10-12,14-16,18,25,33H,4-7,9,13H2,1-3H3,(H,34,35)/t15-,16+,18+,25+/m0/s1. The number of carboxylic acid groups (broad SMARTS) is 1. The molecule has 2 N–H and O–H groups in total. The number of aliphatic hydroxyl groups is 1. The average molecular weight is 542 g/mol. The smallest absolute Gasteiger partial charge is 0.414 e. The summed E-state index contributed by atoms with van der Waals surface area (Å²) in [5.41, 5.74) is 3.61. The number of fused-ring (bicyclic) bond motifs is 3. The van der Waals surface area contributed by atoms with Crippen LogP contribution < -0.4 is 9.64 Å². The van der Waals surface area contributed by atoms with E-state index in [0.717, 1.165) is 36.0 Å². The number of nitrogens with zero attached hydrogens (tertiary/aromatic N) is 3. The van der Waals surface area contributed by atoms with Crippen LogP contribution in [0.15, 0.2) is 30.3 Å². The molecule has 0 spiro atoms. The van der Waals surface area contributed by atoms with Crippen molar-refractivity contribution in [3.05, 3.63) is 52.3 Å². The first-order chi connectivity index (χ1) is 18.2. The SMILES string of the molecule is COC(=O)N1c2ccc3c(nc([C@H](O)c4cc(Cl)ccc4OC)n3[C@@H]3CCC[C@@H](C(=O)O)C3)c2CC[C@@H]1C. The van der Waals surface area contributed by atoms with Crippen molar-refractivity contribution in [2.75, 3.05) is 19.1 Å². The molecule has 1 aliphatic heterocycles. The van der Waals surface area contributed by atoms with Gasteiger partial charge in [0.25, 0.3) is 0 Å². The third-order valence-corrected chi connectivity index (χ3v) is 8.18. The van der Waals surface area contributed by atoms with Crippen LogP contribution in [0.3, 0.4) is 0 Å². The van der Waals surface area contributed by atoms with Crippen LogP contribution in [0.5, 0.6) is 5.75 Å². The van der Waals surface area contributed by atoms with Gasteiger partial charge in [0.05, 0.1) is 36.9 Å². The number of aliphatic hydroxyl groups excluding tert-OH is 1. The van der Waals surface area contributed by atoms with Gasteiger partial charge in [0.2, 0.25) is 0 Å². The quantitative estimate of drug-likeness (QED) is 0.438. The van der Waals surface area contributed by atoms with Gasteiger partial charge in [-0.3, -0.25) is 9.69 Å². The van der Waals surface area contributed by atoms with Gasteiger partial charge < -0.3 is 24.3 Å². The summed E-state index contributed by atoms with van der Waals surface area (Å²) in [5, 5.41) is 21.9. The number of aryl methyl sites for hydroxylation is 1. The van der Waals surface area contributed by atoms with E-state index >= 15 is 0 Å². The number of benzene rings is 2. The second kappa shape index (κ2) is 10.5. The maximum absolute atomic E-state index is 12.6. The zero-order valence-electron chi connectivity index (χ0n) is 21.7. The zero-order valence-corrected chi connectivity index (χ0v) is 22.4. The molecule has 1 aliphatic carbocycles. The Balaban J connectivity index is 1.72. The first-order valence-corrected chi connectivity index (χ1v) is 13.3. The number of aromatic nitrogens is 2. The maximum atomic E-state index is 12.6. The van der Waals surface area contributed by atoms with Gasteiger partial charge in [-0.15, -0.1) is 0 Å². The molecule has 1 saturated carbocycles. The lowest BCUT2D eigenvalue weighted by Gasteiger charge is -2.34. The Hall–Kier alpha value is -3.30. The number of carbonyl (C=O) groups is 2. The molecule has 1 amide bonds. The predicted octanol–water partition coefficient (Wildman–Crippen LogP) is 5.50. The number of ether oxygens (including phenoxy) is 2. The Morgan fingerprint density at radius 2 is 1.95 bits per heavy atom. The Kier molecular flexibility index (Phi) is 7.24. The fraction of sp³-hybridized carbons (Fsp3) is 0.464. The summed E-state index contributed by atoms with van der Waals surface area (Å²) in [7, 11) is 2.89. The van der Waals surface area contributed by atoms with Gasteiger partial charge in [-0.2, -0.15) is 0 Å². The Morgan fingerprint density at radius 1 is 1.16 bits per heavy atom. The Bertz CT molecular complexity index is 1390. The molecule has 5 rings (SSSR count). The number of aliphatic carboxylic acids is 1. The van der Waals surface area contributed by atoms with Crippen molar-refractivity contribution in [3.8, 4) is 5.75 Å². The van der Waals surface area contributed by atoms with Crippen LogP contribution in [0.25, 0.3) is 11.0 Å². The highest BCUT2D eigenvalue weighted by Gasteiger charge is 2.36. The molecule has 2 aromatic carbocycles. The molecule has 1 fully saturated rings. The van der Waals surface area contributed by atoms with Crippen molar-refractivity contribution in [2.24, 2.45) is 5.92 Å². The molecule has 0 unspecified atom stereocenters. The van der Waals surface area contributed by atoms with Crippen molar-refractivity contribution in [1.29, 1.82) is 0 Å². The fourth-order valence-corrected chi connectivity index (χ4v) is 6.23. The van der Waals surface area contributed by atoms with Gasteiger partial charge in [-0.1, -0.05) is 18.0 Å². The number of anilines is 1. The number of amides is 1. The molecule has 1 aromatic heterocycles. The van der Waals surface area contributed by atoms with Crippen LogP contribution in [-0.4, -0.2) is 52.1 Å². The third-order valence-electron chi connectivity index (χ3n) is 7.94. The third kappa shape index (κ3) is 4.47. The average Bonchev–Trinajstić information content (AvgIpc) is 3.32. The van der Waals surface area contributed by atoms with Crippen molar-refractivity contribution >= 4 is 40.4 Å². The van der Waals surface area contributed by atoms with Gasteiger partial charge in [-0.05, 0) is 69.4 Å². The minimum absolute atomic E-state index is 0.0371. The van der Waals surface area contributed by atoms with Crippen LogP contribution in [0, 0.1) is 5.92 Å². The van der Waals surface area contributed by atoms with E-state index in [1.807, 2.05) is 23.6 Å². The Labute approximate surface area is 225 Å². The largest absolute Gasteiger partial charge is 0.496 e. The van der Waals surface area contributed by atoms with Crippen LogP contribution in [0.1, 0.15) is 68.1 Å². The fourth-order valence-electron chi connectivity index (χ4n) is 6.05. The molecule has 0 bridgehead atoms. The van der Waals surface area contributed by atoms with Crippen molar-refractivity contribution in [1.82, 2.24) is 9.55 Å². The number of methoxy groups -OCH3 is 2. The number of imidazole rings is 1. The lowest BCUT2D eigenvalue weighted by Crippen LogP contribution is -2.42. The highest BCUT2D eigenvalue weighted by Crippen LogP contribution is 2.43. The molecular formula is C28H32ClN3O6. The van der Waals surface area contributed by atoms with Gasteiger partial charge >= 0.3 is 12.1 Å². The summed E-state index contributed by atoms with van der Waals surface area (Å²) < 4.78 is 12.6. The van der Waals surface area contributed by atoms with E-state index in [0.29, 0.717) is 46.9 Å². The molecule has 202 valence electrons. The number of halogens is 1. The topological polar surface area (TPSA) is 114 Å². The molecule has 38 heavy (non-hydrogen) atoms. The van der Waals surface area contributed by atoms with E-state index in [2.05, 4.69) is 0 Å². The molecular weight excluding hydrogens is 510 g/mol. The molecule has 2 heterocycles. The Morgan fingerprint density at radius 3 is 2.66 bits per heavy atom. The second-order valence-electron chi connectivity index (χ2n) is 10.1. The summed E-state index contributed by atoms with van der Waals surface area (Å²) in [4.78, 5) is 31.2. The number of hydrogen-bond acceptors (Lipinski definition) is 6. The van der Waals surface area contributed by atoms with Crippen LogP contribution in [0.2, 0.25) is 5.02 Å². The molecule has 4 atom stereocenters. The van der Waals surface area contributed by atoms with E-state index in [1.54, 1.807) is 23.1 Å². The van der Waals surface area contributed by atoms with Crippen molar-refractivity contribution < 1.29 is 29.3 Å². The van der Waals surface area contributed by atoms with Crippen LogP contribution >= 0.6 is 11.6 Å². The van der Waals surface area contributed by atoms with E-state index in [1.165, 1.54) is 14.2 Å². The summed E-state index contributed by atoms with van der Waals surface area (Å²) in [6.45, 7) is 1.98. The predicted molar refractivity (Wildman–Crippen MR) is 143 cm³/mol. The minimum atomic E-state index is -1.17. The van der Waals surface area contributed by atoms with Crippen molar-refractivity contribution in [2.45, 2.75) is 63.6 Å². The second-order valence-corrected chi connectivity index (χ2v) is 10.6. The normalized spacial score (nSPS) is 22.1. The zero-order chi connectivity index (χ0) is 27.1. The van der Waals surface area contributed by atoms with Gasteiger partial charge in [0.15, 0.2) is 0 Å². The molecule has 9 nitrogen and oxygen atoms in total. The van der Waals surface area contributed by atoms with Gasteiger partial charge in [-0.25, -0.2) is 9.78 Å². The van der Waals surface area contributed by atoms with E-state index in [-0.39, 0.29) is 12.1 Å². The monoisotopic (exact) mass is 541 g/mol. The van der Waals surface area contributed by atoms with Crippen molar-refractivity contribution in [3.63, 3.8) is 0 Å². The van der Waals surface area contributed by atoms with Gasteiger partial charge in [0.1, 0.15) is 17.7 Å². The first-order valence-electron chi connectivity index (χ1n) is 12.9. The van der Waals surface area contributed by atoms with E-state index in [4.69, 9.17) is 26.1 Å². The summed E-state index contributed by atoms with van der Waals surface area (Å²) in [6, 6.07) is 8.66. The van der Waals surface area contributed by atoms with Crippen LogP contribution in [0.4, 0.5) is 10.5 Å². The molecule has 0 saturated heterocycles. The lowest BCUT2D eigenvalue weighted by atomic mass is 9.85. The number of rotatable bonds is 5. The number of carbonyl (C=O) groups excluding carboxylic acids is 1.